The van der Waals surface area contributed by atoms with Gasteiger partial charge in [0.2, 0.25) is 0 Å². The van der Waals surface area contributed by atoms with E-state index in [1.165, 1.54) is 12.1 Å². The second-order valence-electron chi connectivity index (χ2n) is 7.60. The molecule has 0 N–H and O–H groups in total. The summed E-state index contributed by atoms with van der Waals surface area (Å²) in [5.41, 5.74) is 2.16. The first-order valence-corrected chi connectivity index (χ1v) is 11.2. The second-order valence-corrected chi connectivity index (χ2v) is 9.31. The number of carbonyl (C=O) groups is 1. The van der Waals surface area contributed by atoms with Gasteiger partial charge in [-0.15, -0.1) is 0 Å². The molecule has 0 bridgehead atoms. The van der Waals surface area contributed by atoms with E-state index in [0.717, 1.165) is 33.2 Å². The van der Waals surface area contributed by atoms with Crippen LogP contribution >= 0.6 is 31.9 Å². The minimum Gasteiger partial charge on any atom is -0.484 e. The number of amides is 1. The number of carbonyl (C=O) groups excluding carboxylic acids is 1. The van der Waals surface area contributed by atoms with E-state index in [0.29, 0.717) is 12.3 Å². The van der Waals surface area contributed by atoms with Gasteiger partial charge in [0, 0.05) is 40.7 Å². The van der Waals surface area contributed by atoms with Gasteiger partial charge in [0.15, 0.2) is 6.61 Å². The Labute approximate surface area is 188 Å². The van der Waals surface area contributed by atoms with Gasteiger partial charge in [0.05, 0.1) is 0 Å². The lowest BCUT2D eigenvalue weighted by Gasteiger charge is -2.44. The standard InChI is InChI=1S/C22H25Br2FN2O2/c1-14-11-27(15(2)10-26(14)12-17-4-6-18(25)7-5-17)22(28)13-29-19-8-20(23)16(3)21(24)9-19/h4-9,14-15H,10-13H2,1-3H3. The molecule has 2 aromatic carbocycles. The van der Waals surface area contributed by atoms with Gasteiger partial charge < -0.3 is 9.64 Å². The Balaban J connectivity index is 1.57. The van der Waals surface area contributed by atoms with E-state index in [4.69, 9.17) is 4.74 Å². The minimum atomic E-state index is -0.224. The largest absolute Gasteiger partial charge is 0.484 e. The fourth-order valence-electron chi connectivity index (χ4n) is 3.52. The van der Waals surface area contributed by atoms with Gasteiger partial charge in [0.1, 0.15) is 11.6 Å². The third kappa shape index (κ3) is 5.58. The zero-order chi connectivity index (χ0) is 21.1. The summed E-state index contributed by atoms with van der Waals surface area (Å²) in [6.07, 6.45) is 0. The fourth-order valence-corrected chi connectivity index (χ4v) is 4.67. The van der Waals surface area contributed by atoms with Gasteiger partial charge >= 0.3 is 0 Å². The molecule has 0 spiro atoms. The van der Waals surface area contributed by atoms with Crippen LogP contribution in [0.3, 0.4) is 0 Å². The van der Waals surface area contributed by atoms with Crippen molar-refractivity contribution in [3.8, 4) is 5.75 Å². The monoisotopic (exact) mass is 526 g/mol. The Morgan fingerprint density at radius 3 is 2.34 bits per heavy atom. The van der Waals surface area contributed by atoms with Crippen LogP contribution < -0.4 is 4.74 Å². The summed E-state index contributed by atoms with van der Waals surface area (Å²) in [5.74, 6) is 0.412. The van der Waals surface area contributed by atoms with Crippen molar-refractivity contribution >= 4 is 37.8 Å². The van der Waals surface area contributed by atoms with Crippen LogP contribution in [0.2, 0.25) is 0 Å². The number of rotatable bonds is 5. The molecule has 3 rings (SSSR count). The number of hydrogen-bond acceptors (Lipinski definition) is 3. The van der Waals surface area contributed by atoms with Crippen LogP contribution in [0.1, 0.15) is 25.0 Å². The average molecular weight is 528 g/mol. The Bertz CT molecular complexity index is 853. The summed E-state index contributed by atoms with van der Waals surface area (Å²) in [7, 11) is 0. The van der Waals surface area contributed by atoms with E-state index in [9.17, 15) is 9.18 Å². The lowest BCUT2D eigenvalue weighted by atomic mass is 10.1. The highest BCUT2D eigenvalue weighted by Crippen LogP contribution is 2.30. The van der Waals surface area contributed by atoms with Crippen molar-refractivity contribution in [2.75, 3.05) is 19.7 Å². The summed E-state index contributed by atoms with van der Waals surface area (Å²) in [5, 5.41) is 0. The minimum absolute atomic E-state index is 0.0109. The first kappa shape index (κ1) is 22.2. The highest BCUT2D eigenvalue weighted by atomic mass is 79.9. The highest BCUT2D eigenvalue weighted by Gasteiger charge is 2.32. The maximum atomic E-state index is 13.1. The molecule has 2 atom stereocenters. The van der Waals surface area contributed by atoms with Crippen molar-refractivity contribution in [1.29, 1.82) is 0 Å². The van der Waals surface area contributed by atoms with Gasteiger partial charge in [0.25, 0.3) is 5.91 Å². The topological polar surface area (TPSA) is 32.8 Å². The normalized spacial score (nSPS) is 20.0. The molecule has 0 radical (unpaired) electrons. The van der Waals surface area contributed by atoms with E-state index in [1.807, 2.05) is 36.1 Å². The smallest absolute Gasteiger partial charge is 0.260 e. The van der Waals surface area contributed by atoms with Crippen molar-refractivity contribution in [2.45, 2.75) is 39.4 Å². The summed E-state index contributed by atoms with van der Waals surface area (Å²) in [4.78, 5) is 17.0. The first-order valence-electron chi connectivity index (χ1n) is 9.61. The molecule has 1 fully saturated rings. The zero-order valence-corrected chi connectivity index (χ0v) is 20.0. The van der Waals surface area contributed by atoms with Gasteiger partial charge in [-0.1, -0.05) is 44.0 Å². The predicted octanol–water partition coefficient (Wildman–Crippen LogP) is 5.16. The fraction of sp³-hybridized carbons (Fsp3) is 0.409. The van der Waals surface area contributed by atoms with Gasteiger partial charge in [-0.25, -0.2) is 4.39 Å². The molecule has 0 saturated carbocycles. The highest BCUT2D eigenvalue weighted by molar-refractivity contribution is 9.11. The molecular weight excluding hydrogens is 503 g/mol. The number of halogens is 3. The Morgan fingerprint density at radius 1 is 1.10 bits per heavy atom. The average Bonchev–Trinajstić information content (AvgIpc) is 2.68. The quantitative estimate of drug-likeness (QED) is 0.538. The molecule has 1 saturated heterocycles. The summed E-state index contributed by atoms with van der Waals surface area (Å²) >= 11 is 7.01. The lowest BCUT2D eigenvalue weighted by Crippen LogP contribution is -2.58. The third-order valence-corrected chi connectivity index (χ3v) is 7.00. The molecule has 29 heavy (non-hydrogen) atoms. The second kappa shape index (κ2) is 9.58. The molecule has 1 amide bonds. The lowest BCUT2D eigenvalue weighted by molar-refractivity contribution is -0.139. The van der Waals surface area contributed by atoms with Gasteiger partial charge in [-0.3, -0.25) is 9.69 Å². The van der Waals surface area contributed by atoms with Crippen molar-refractivity contribution in [3.05, 3.63) is 62.3 Å². The molecular formula is C22H25Br2FN2O2. The first-order chi connectivity index (χ1) is 13.7. The Morgan fingerprint density at radius 2 is 1.72 bits per heavy atom. The van der Waals surface area contributed by atoms with Gasteiger partial charge in [-0.2, -0.15) is 0 Å². The summed E-state index contributed by atoms with van der Waals surface area (Å²) in [6, 6.07) is 10.7. The van der Waals surface area contributed by atoms with E-state index in [2.05, 4.69) is 50.6 Å². The maximum absolute atomic E-state index is 13.1. The van der Waals surface area contributed by atoms with Crippen LogP contribution in [-0.4, -0.2) is 47.5 Å². The van der Waals surface area contributed by atoms with E-state index in [-0.39, 0.29) is 30.4 Å². The molecule has 2 aromatic rings. The Hall–Kier alpha value is -1.44. The molecule has 7 heteroatoms. The SMILES string of the molecule is Cc1c(Br)cc(OCC(=O)N2CC(C)N(Cc3ccc(F)cc3)CC2C)cc1Br. The van der Waals surface area contributed by atoms with Crippen molar-refractivity contribution in [2.24, 2.45) is 0 Å². The third-order valence-electron chi connectivity index (χ3n) is 5.35. The summed E-state index contributed by atoms with van der Waals surface area (Å²) in [6.45, 7) is 8.34. The van der Waals surface area contributed by atoms with Crippen LogP contribution in [0.5, 0.6) is 5.75 Å². The molecule has 2 unspecified atom stereocenters. The van der Waals surface area contributed by atoms with Crippen molar-refractivity contribution in [1.82, 2.24) is 9.80 Å². The van der Waals surface area contributed by atoms with Crippen LogP contribution in [0, 0.1) is 12.7 Å². The molecule has 4 nitrogen and oxygen atoms in total. The van der Waals surface area contributed by atoms with Gasteiger partial charge in [-0.05, 0) is 56.2 Å². The van der Waals surface area contributed by atoms with E-state index >= 15 is 0 Å². The number of nitrogens with zero attached hydrogens (tertiary/aromatic N) is 2. The number of ether oxygens (including phenoxy) is 1. The van der Waals surface area contributed by atoms with Crippen LogP contribution in [0.15, 0.2) is 45.3 Å². The molecule has 0 aromatic heterocycles. The zero-order valence-electron chi connectivity index (χ0n) is 16.8. The predicted molar refractivity (Wildman–Crippen MR) is 120 cm³/mol. The van der Waals surface area contributed by atoms with E-state index < -0.39 is 0 Å². The molecule has 1 aliphatic heterocycles. The van der Waals surface area contributed by atoms with Crippen molar-refractivity contribution in [3.63, 3.8) is 0 Å². The maximum Gasteiger partial charge on any atom is 0.260 e. The summed E-state index contributed by atoms with van der Waals surface area (Å²) < 4.78 is 20.8. The van der Waals surface area contributed by atoms with Crippen LogP contribution in [0.25, 0.3) is 0 Å². The Kier molecular flexibility index (Phi) is 7.35. The van der Waals surface area contributed by atoms with Crippen molar-refractivity contribution < 1.29 is 13.9 Å². The molecule has 0 aliphatic carbocycles. The molecule has 156 valence electrons. The number of hydrogen-bond donors (Lipinski definition) is 0. The van der Waals surface area contributed by atoms with E-state index in [1.54, 1.807) is 0 Å². The molecule has 1 aliphatic rings. The van der Waals surface area contributed by atoms with Crippen LogP contribution in [-0.2, 0) is 11.3 Å². The number of piperazine rings is 1. The molecule has 1 heterocycles. The number of benzene rings is 2. The van der Waals surface area contributed by atoms with Crippen LogP contribution in [0.4, 0.5) is 4.39 Å².